The van der Waals surface area contributed by atoms with E-state index in [-0.39, 0.29) is 15.9 Å². The van der Waals surface area contributed by atoms with Crippen LogP contribution in [0.3, 0.4) is 0 Å². The van der Waals surface area contributed by atoms with E-state index in [4.69, 9.17) is 19.1 Å². The van der Waals surface area contributed by atoms with E-state index in [0.29, 0.717) is 12.1 Å². The molecule has 0 fully saturated rings. The van der Waals surface area contributed by atoms with Gasteiger partial charge in [0.1, 0.15) is 0 Å². The zero-order chi connectivity index (χ0) is 12.1. The van der Waals surface area contributed by atoms with E-state index in [1.54, 1.807) is 0 Å². The second kappa shape index (κ2) is 15.1. The van der Waals surface area contributed by atoms with Crippen LogP contribution in [0.5, 0.6) is 0 Å². The van der Waals surface area contributed by atoms with Crippen LogP contribution in [0.25, 0.3) is 0 Å². The fourth-order valence-electron chi connectivity index (χ4n) is 0.423. The van der Waals surface area contributed by atoms with Crippen molar-refractivity contribution < 1.29 is 15.9 Å². The van der Waals surface area contributed by atoms with E-state index in [1.165, 1.54) is 0 Å². The van der Waals surface area contributed by atoms with Crippen molar-refractivity contribution in [3.8, 4) is 0 Å². The number of hydrazine groups is 1. The van der Waals surface area contributed by atoms with Gasteiger partial charge in [-0.25, -0.2) is 10.9 Å². The summed E-state index contributed by atoms with van der Waals surface area (Å²) in [5.41, 5.74) is 5.37. The summed E-state index contributed by atoms with van der Waals surface area (Å²) in [6.07, 6.45) is 0. The molecule has 0 amide bonds. The predicted octanol–water partition coefficient (Wildman–Crippen LogP) is 1.45. The minimum absolute atomic E-state index is 0.106. The summed E-state index contributed by atoms with van der Waals surface area (Å²) in [5, 5.41) is 5.88. The molecule has 4 N–H and O–H groups in total. The van der Waals surface area contributed by atoms with E-state index in [2.05, 4.69) is 34.8 Å². The Morgan fingerprint density at radius 2 is 1.13 bits per heavy atom. The van der Waals surface area contributed by atoms with Gasteiger partial charge in [0.15, 0.2) is 13.3 Å². The molecule has 0 heterocycles. The van der Waals surface area contributed by atoms with Gasteiger partial charge in [0.25, 0.3) is 0 Å². The number of hydrogen-bond acceptors (Lipinski definition) is 4. The molecule has 0 atom stereocenters. The zero-order valence-corrected chi connectivity index (χ0v) is 12.3. The molecule has 0 unspecified atom stereocenters. The third kappa shape index (κ3) is 25.4. The number of nitrogens with one attached hydrogen (secondary N) is 4. The van der Waals surface area contributed by atoms with Crippen LogP contribution < -0.4 is 21.5 Å². The molecule has 0 saturated heterocycles. The topological polar surface area (TPSA) is 48.1 Å². The van der Waals surface area contributed by atoms with Crippen molar-refractivity contribution in [1.82, 2.24) is 21.5 Å². The van der Waals surface area contributed by atoms with Crippen LogP contribution in [0, 0.1) is 13.3 Å². The van der Waals surface area contributed by atoms with E-state index < -0.39 is 0 Å². The third-order valence-corrected chi connectivity index (χ3v) is 0.909. The third-order valence-electron chi connectivity index (χ3n) is 0.909. The van der Waals surface area contributed by atoms with E-state index in [0.717, 1.165) is 0 Å². The van der Waals surface area contributed by atoms with Crippen LogP contribution >= 0.6 is 19.1 Å². The van der Waals surface area contributed by atoms with E-state index >= 15 is 0 Å². The first-order chi connectivity index (χ1) is 7.04. The van der Waals surface area contributed by atoms with Gasteiger partial charge in [0, 0.05) is 12.1 Å². The Hall–Kier alpha value is 1.08. The van der Waals surface area contributed by atoms with Gasteiger partial charge >= 0.3 is 35.0 Å². The van der Waals surface area contributed by atoms with Crippen LogP contribution in [-0.4, -0.2) is 12.1 Å². The molecule has 0 aliphatic carbocycles. The van der Waals surface area contributed by atoms with Crippen molar-refractivity contribution >= 4 is 19.1 Å². The maximum absolute atomic E-state index is 4.81. The summed E-state index contributed by atoms with van der Waals surface area (Å²) >= 11 is -0.106. The van der Waals surface area contributed by atoms with Gasteiger partial charge in [-0.2, -0.15) is 0 Å². The SMILES string of the molecule is CC(C)N[C]NN[C]NC(C)C.[Cl][Pd][Cl]. The van der Waals surface area contributed by atoms with Crippen LogP contribution in [0.15, 0.2) is 0 Å². The van der Waals surface area contributed by atoms with Crippen molar-refractivity contribution in [3.05, 3.63) is 13.3 Å². The molecule has 0 aliphatic heterocycles. The molecule has 7 heteroatoms. The van der Waals surface area contributed by atoms with Gasteiger partial charge in [0.05, 0.1) is 0 Å². The summed E-state index contributed by atoms with van der Waals surface area (Å²) in [6, 6.07) is 0.773. The first kappa shape index (κ1) is 18.4. The van der Waals surface area contributed by atoms with Crippen molar-refractivity contribution in [3.63, 3.8) is 0 Å². The maximum atomic E-state index is 4.81. The number of rotatable bonds is 7. The Morgan fingerprint density at radius 1 is 0.867 bits per heavy atom. The predicted molar refractivity (Wildman–Crippen MR) is 61.0 cm³/mol. The van der Waals surface area contributed by atoms with Gasteiger partial charge in [-0.1, -0.05) is 0 Å². The number of halogens is 2. The van der Waals surface area contributed by atoms with E-state index in [9.17, 15) is 0 Å². The molecule has 0 aliphatic rings. The quantitative estimate of drug-likeness (QED) is 0.244. The van der Waals surface area contributed by atoms with Gasteiger partial charge in [-0.3, -0.25) is 10.6 Å². The van der Waals surface area contributed by atoms with Crippen LogP contribution in [0.2, 0.25) is 0 Å². The molecule has 0 rings (SSSR count). The molecule has 0 aromatic heterocycles. The summed E-state index contributed by atoms with van der Waals surface area (Å²) < 4.78 is 0. The van der Waals surface area contributed by atoms with Gasteiger partial charge in [0.2, 0.25) is 0 Å². The Balaban J connectivity index is 0. The van der Waals surface area contributed by atoms with Crippen molar-refractivity contribution in [2.75, 3.05) is 0 Å². The molecule has 0 saturated carbocycles. The Bertz CT molecular complexity index is 105. The fraction of sp³-hybridized carbons (Fsp3) is 0.750. The molecule has 0 bridgehead atoms. The summed E-state index contributed by atoms with van der Waals surface area (Å²) in [4.78, 5) is 0. The second-order valence-electron chi connectivity index (χ2n) is 3.14. The summed E-state index contributed by atoms with van der Waals surface area (Å²) in [6.45, 7) is 13.6. The molecule has 15 heavy (non-hydrogen) atoms. The van der Waals surface area contributed by atoms with Crippen LogP contribution in [0.1, 0.15) is 27.7 Å². The fourth-order valence-corrected chi connectivity index (χ4v) is 0.423. The van der Waals surface area contributed by atoms with Crippen molar-refractivity contribution in [1.29, 1.82) is 0 Å². The molecule has 0 spiro atoms. The first-order valence-electron chi connectivity index (χ1n) is 4.38. The van der Waals surface area contributed by atoms with Gasteiger partial charge in [-0.15, -0.1) is 0 Å². The molecule has 0 aromatic rings. The molecule has 94 valence electrons. The molecular formula is C8H18Cl2N4Pd. The molecular weight excluding hydrogens is 329 g/mol. The Morgan fingerprint density at radius 3 is 1.33 bits per heavy atom. The average molecular weight is 348 g/mol. The van der Waals surface area contributed by atoms with Crippen LogP contribution in [-0.2, 0) is 15.9 Å². The minimum atomic E-state index is -0.106. The molecule has 4 nitrogen and oxygen atoms in total. The standard InChI is InChI=1S/C8H18N4.2ClH.Pd/c1-7(2)9-5-11-12-6-10-8(3)4;;;/h7-12H,1-4H3;2*1H;/q;;;+2/p-2. The first-order valence-corrected chi connectivity index (χ1v) is 8.38. The Labute approximate surface area is 109 Å². The van der Waals surface area contributed by atoms with Crippen molar-refractivity contribution in [2.24, 2.45) is 0 Å². The van der Waals surface area contributed by atoms with E-state index in [1.807, 2.05) is 27.7 Å². The van der Waals surface area contributed by atoms with Crippen molar-refractivity contribution in [2.45, 2.75) is 39.8 Å². The summed E-state index contributed by atoms with van der Waals surface area (Å²) in [5.74, 6) is 0. The second-order valence-corrected chi connectivity index (χ2v) is 5.50. The average Bonchev–Trinajstić information content (AvgIpc) is 2.11. The van der Waals surface area contributed by atoms with Gasteiger partial charge in [-0.05, 0) is 27.7 Å². The molecule has 0 aromatic carbocycles. The Kier molecular flexibility index (Phi) is 18.5. The monoisotopic (exact) mass is 346 g/mol. The normalized spacial score (nSPS) is 10.7. The summed E-state index contributed by atoms with van der Waals surface area (Å²) in [7, 11) is 9.63. The zero-order valence-electron chi connectivity index (χ0n) is 9.23. The van der Waals surface area contributed by atoms with Crippen LogP contribution in [0.4, 0.5) is 0 Å². The molecule has 4 radical (unpaired) electrons. The number of hydrogen-bond donors (Lipinski definition) is 4. The van der Waals surface area contributed by atoms with Gasteiger partial charge < -0.3 is 0 Å².